The maximum absolute atomic E-state index is 14.2. The van der Waals surface area contributed by atoms with Crippen LogP contribution in [0.4, 0.5) is 22.4 Å². The summed E-state index contributed by atoms with van der Waals surface area (Å²) in [6.45, 7) is -1.36. The fourth-order valence-corrected chi connectivity index (χ4v) is 4.98. The largest absolute Gasteiger partial charge is 0.376 e. The fourth-order valence-electron chi connectivity index (χ4n) is 4.98. The highest BCUT2D eigenvalue weighted by Gasteiger charge is 2.43. The van der Waals surface area contributed by atoms with Crippen LogP contribution < -0.4 is 11.1 Å². The van der Waals surface area contributed by atoms with E-state index in [9.17, 15) is 22.4 Å². The molecule has 0 unspecified atom stereocenters. The zero-order valence-electron chi connectivity index (χ0n) is 19.3. The summed E-state index contributed by atoms with van der Waals surface area (Å²) >= 11 is 0. The molecule has 12 heteroatoms. The van der Waals surface area contributed by atoms with E-state index in [1.807, 2.05) is 0 Å². The Labute approximate surface area is 200 Å². The molecule has 1 saturated heterocycles. The van der Waals surface area contributed by atoms with Crippen molar-refractivity contribution in [2.45, 2.75) is 75.0 Å². The molecule has 2 aromatic heterocycles. The minimum absolute atomic E-state index is 0.0569. The van der Waals surface area contributed by atoms with Crippen LogP contribution in [-0.2, 0) is 4.74 Å². The highest BCUT2D eigenvalue weighted by Crippen LogP contribution is 2.40. The molecule has 3 aliphatic rings. The second-order valence-corrected chi connectivity index (χ2v) is 10.0. The van der Waals surface area contributed by atoms with Crippen LogP contribution in [0.5, 0.6) is 0 Å². The third kappa shape index (κ3) is 5.23. The van der Waals surface area contributed by atoms with Crippen LogP contribution in [-0.4, -0.2) is 63.2 Å². The van der Waals surface area contributed by atoms with Crippen molar-refractivity contribution in [3.05, 3.63) is 29.7 Å². The van der Waals surface area contributed by atoms with Crippen LogP contribution in [0, 0.1) is 5.92 Å². The van der Waals surface area contributed by atoms with E-state index in [2.05, 4.69) is 15.4 Å². The lowest BCUT2D eigenvalue weighted by molar-refractivity contribution is -0.0673. The average molecular weight is 499 g/mol. The number of ether oxygens (including phenoxy) is 1. The van der Waals surface area contributed by atoms with Crippen molar-refractivity contribution in [1.29, 1.82) is 0 Å². The van der Waals surface area contributed by atoms with Gasteiger partial charge in [-0.3, -0.25) is 0 Å². The summed E-state index contributed by atoms with van der Waals surface area (Å²) in [5, 5.41) is 6.62. The number of nitrogens with zero attached hydrogens (tertiary/aromatic N) is 4. The van der Waals surface area contributed by atoms with E-state index in [4.69, 9.17) is 10.5 Å². The molecule has 3 N–H and O–H groups in total. The maximum Gasteiger partial charge on any atom is 0.318 e. The van der Waals surface area contributed by atoms with Crippen molar-refractivity contribution in [2.75, 3.05) is 19.7 Å². The lowest BCUT2D eigenvalue weighted by Crippen LogP contribution is -2.58. The van der Waals surface area contributed by atoms with Gasteiger partial charge in [-0.15, -0.1) is 0 Å². The van der Waals surface area contributed by atoms with E-state index >= 15 is 0 Å². The van der Waals surface area contributed by atoms with Crippen LogP contribution in [0.25, 0.3) is 5.65 Å². The Kier molecular flexibility index (Phi) is 6.37. The summed E-state index contributed by atoms with van der Waals surface area (Å²) in [6.07, 6.45) is 6.36. The number of nitrogens with one attached hydrogen (secondary N) is 1. The number of hydrogen-bond acceptors (Lipinski definition) is 5. The molecule has 0 spiro atoms. The number of carbonyl (C=O) groups is 1. The number of nitrogens with two attached hydrogens (primary N) is 1. The number of halogens is 4. The molecule has 5 rings (SSSR count). The lowest BCUT2D eigenvalue weighted by atomic mass is 9.81. The predicted molar refractivity (Wildman–Crippen MR) is 118 cm³/mol. The van der Waals surface area contributed by atoms with Crippen LogP contribution in [0.1, 0.15) is 68.3 Å². The molecule has 2 aliphatic carbocycles. The topological polar surface area (TPSA) is 97.8 Å². The third-order valence-electron chi connectivity index (χ3n) is 7.43. The average Bonchev–Trinajstić information content (AvgIpc) is 3.20. The minimum atomic E-state index is -3.07. The van der Waals surface area contributed by atoms with Crippen molar-refractivity contribution in [1.82, 2.24) is 24.8 Å². The highest BCUT2D eigenvalue weighted by atomic mass is 19.3. The quantitative estimate of drug-likeness (QED) is 0.566. The summed E-state index contributed by atoms with van der Waals surface area (Å²) in [5.41, 5.74) is 7.87. The van der Waals surface area contributed by atoms with E-state index in [0.29, 0.717) is 29.7 Å². The van der Waals surface area contributed by atoms with Gasteiger partial charge in [-0.05, 0) is 44.1 Å². The Morgan fingerprint density at radius 3 is 2.60 bits per heavy atom. The van der Waals surface area contributed by atoms with E-state index in [1.54, 1.807) is 12.3 Å². The Morgan fingerprint density at radius 1 is 1.17 bits per heavy atom. The van der Waals surface area contributed by atoms with Gasteiger partial charge >= 0.3 is 6.03 Å². The molecule has 2 aromatic rings. The first-order valence-corrected chi connectivity index (χ1v) is 12.1. The Bertz CT molecular complexity index is 1070. The molecule has 2 amide bonds. The molecular formula is C23H30F4N6O2. The van der Waals surface area contributed by atoms with Gasteiger partial charge in [-0.2, -0.15) is 5.10 Å². The maximum atomic E-state index is 14.2. The molecule has 0 aromatic carbocycles. The number of rotatable bonds is 7. The molecule has 3 heterocycles. The monoisotopic (exact) mass is 498 g/mol. The van der Waals surface area contributed by atoms with Crippen molar-refractivity contribution in [3.63, 3.8) is 0 Å². The number of aromatic nitrogens is 3. The van der Waals surface area contributed by atoms with Crippen molar-refractivity contribution in [2.24, 2.45) is 11.7 Å². The van der Waals surface area contributed by atoms with Crippen LogP contribution in [0.15, 0.2) is 18.5 Å². The summed E-state index contributed by atoms with van der Waals surface area (Å²) < 4.78 is 62.8. The van der Waals surface area contributed by atoms with Crippen LogP contribution in [0.3, 0.4) is 0 Å². The lowest BCUT2D eigenvalue weighted by Gasteiger charge is -2.39. The zero-order valence-corrected chi connectivity index (χ0v) is 19.3. The Hall–Kier alpha value is -2.47. The first kappa shape index (κ1) is 24.2. The highest BCUT2D eigenvalue weighted by molar-refractivity contribution is 5.76. The molecule has 2 saturated carbocycles. The van der Waals surface area contributed by atoms with Gasteiger partial charge in [-0.1, -0.05) is 0 Å². The number of alkyl halides is 4. The molecule has 1 aliphatic heterocycles. The Balaban J connectivity index is 1.39. The number of fused-ring (bicyclic) bond motifs is 1. The van der Waals surface area contributed by atoms with Crippen LogP contribution in [0.2, 0.25) is 0 Å². The summed E-state index contributed by atoms with van der Waals surface area (Å²) in [4.78, 5) is 18.2. The standard InChI is InChI=1S/C23H30F4N6O2/c24-22(25)6-4-14(5-7-22)20(28)17-10-33-19(31-17)8-15(9-30-33)18(11-35-16-2-1-3-16)32-13-23(26,27)12-29-21(32)34/h8-10,14,16,18,20H,1-7,11-13,28H2,(H,29,34)/t18-,20+/m1/s1. The SMILES string of the molecule is N[C@H](c1cn2ncc([C@@H](COC3CCC3)N3CC(F)(F)CNC3=O)cc2n1)C1CCC(F)(F)CC1. The molecule has 192 valence electrons. The number of imidazole rings is 1. The van der Waals surface area contributed by atoms with Crippen molar-refractivity contribution >= 4 is 11.7 Å². The second-order valence-electron chi connectivity index (χ2n) is 10.0. The van der Waals surface area contributed by atoms with Gasteiger partial charge in [-0.25, -0.2) is 31.9 Å². The summed E-state index contributed by atoms with van der Waals surface area (Å²) in [6, 6.07) is -0.181. The second kappa shape index (κ2) is 9.20. The Morgan fingerprint density at radius 2 is 1.91 bits per heavy atom. The van der Waals surface area contributed by atoms with Gasteiger partial charge in [0.15, 0.2) is 5.65 Å². The van der Waals surface area contributed by atoms with Gasteiger partial charge in [0.05, 0.1) is 56.0 Å². The van der Waals surface area contributed by atoms with Gasteiger partial charge < -0.3 is 20.7 Å². The smallest absolute Gasteiger partial charge is 0.318 e. The fraction of sp³-hybridized carbons (Fsp3) is 0.696. The van der Waals surface area contributed by atoms with Gasteiger partial charge in [0.25, 0.3) is 5.92 Å². The molecule has 2 atom stereocenters. The number of urea groups is 1. The number of hydrogen-bond donors (Lipinski definition) is 2. The zero-order chi connectivity index (χ0) is 24.8. The van der Waals surface area contributed by atoms with Gasteiger partial charge in [0.1, 0.15) is 0 Å². The molecule has 0 bridgehead atoms. The molecule has 8 nitrogen and oxygen atoms in total. The molecular weight excluding hydrogens is 468 g/mol. The van der Waals surface area contributed by atoms with Gasteiger partial charge in [0.2, 0.25) is 5.92 Å². The van der Waals surface area contributed by atoms with Crippen molar-refractivity contribution in [3.8, 4) is 0 Å². The number of amides is 2. The summed E-state index contributed by atoms with van der Waals surface area (Å²) in [7, 11) is 0. The van der Waals surface area contributed by atoms with Crippen LogP contribution >= 0.6 is 0 Å². The van der Waals surface area contributed by atoms with Crippen molar-refractivity contribution < 1.29 is 27.1 Å². The van der Waals surface area contributed by atoms with E-state index in [1.165, 1.54) is 10.7 Å². The van der Waals surface area contributed by atoms with E-state index in [-0.39, 0.29) is 31.5 Å². The number of carbonyl (C=O) groups excluding carboxylic acids is 1. The molecule has 3 fully saturated rings. The predicted octanol–water partition coefficient (Wildman–Crippen LogP) is 3.83. The summed E-state index contributed by atoms with van der Waals surface area (Å²) in [5.74, 6) is -5.81. The van der Waals surface area contributed by atoms with E-state index < -0.39 is 43.0 Å². The third-order valence-corrected chi connectivity index (χ3v) is 7.43. The normalized spacial score (nSPS) is 24.7. The minimum Gasteiger partial charge on any atom is -0.376 e. The first-order valence-electron chi connectivity index (χ1n) is 12.1. The molecule has 0 radical (unpaired) electrons. The molecule has 35 heavy (non-hydrogen) atoms. The van der Waals surface area contributed by atoms with E-state index in [0.717, 1.165) is 24.2 Å². The van der Waals surface area contributed by atoms with Gasteiger partial charge in [0, 0.05) is 18.4 Å². The first-order chi connectivity index (χ1) is 16.6.